The van der Waals surface area contributed by atoms with Gasteiger partial charge in [-0.3, -0.25) is 4.79 Å². The highest BCUT2D eigenvalue weighted by molar-refractivity contribution is 5.79. The predicted molar refractivity (Wildman–Crippen MR) is 103 cm³/mol. The first kappa shape index (κ1) is 20.3. The Morgan fingerprint density at radius 1 is 1.19 bits per heavy atom. The molecule has 0 aliphatic carbocycles. The van der Waals surface area contributed by atoms with Gasteiger partial charge >= 0.3 is 6.09 Å². The summed E-state index contributed by atoms with van der Waals surface area (Å²) in [5, 5.41) is 3.11. The molecule has 1 fully saturated rings. The van der Waals surface area contributed by atoms with Crippen LogP contribution in [0.3, 0.4) is 0 Å². The van der Waals surface area contributed by atoms with Crippen LogP contribution in [0.5, 0.6) is 0 Å². The molecule has 26 heavy (non-hydrogen) atoms. The van der Waals surface area contributed by atoms with E-state index in [0.717, 1.165) is 6.42 Å². The van der Waals surface area contributed by atoms with Crippen molar-refractivity contribution in [3.63, 3.8) is 0 Å². The van der Waals surface area contributed by atoms with E-state index in [2.05, 4.69) is 24.4 Å². The third-order valence-corrected chi connectivity index (χ3v) is 4.80. The maximum atomic E-state index is 12.5. The van der Waals surface area contributed by atoms with Gasteiger partial charge in [0, 0.05) is 31.5 Å². The summed E-state index contributed by atoms with van der Waals surface area (Å²) in [5.74, 6) is 0.409. The van der Waals surface area contributed by atoms with Gasteiger partial charge in [-0.15, -0.1) is 0 Å². The number of rotatable bonds is 5. The molecule has 0 spiro atoms. The maximum absolute atomic E-state index is 12.5. The Morgan fingerprint density at radius 2 is 1.81 bits per heavy atom. The molecule has 1 aliphatic rings. The zero-order chi connectivity index (χ0) is 19.2. The highest BCUT2D eigenvalue weighted by atomic mass is 16.6. The molecule has 2 amide bonds. The van der Waals surface area contributed by atoms with Gasteiger partial charge in [0.15, 0.2) is 0 Å². The number of hydrogen-bond donors (Lipinski definition) is 1. The summed E-state index contributed by atoms with van der Waals surface area (Å²) in [5.41, 5.74) is 0.771. The van der Waals surface area contributed by atoms with Gasteiger partial charge < -0.3 is 15.0 Å². The van der Waals surface area contributed by atoms with E-state index in [9.17, 15) is 9.59 Å². The van der Waals surface area contributed by atoms with Crippen molar-refractivity contribution >= 4 is 12.0 Å². The van der Waals surface area contributed by atoms with E-state index in [0.29, 0.717) is 38.4 Å². The van der Waals surface area contributed by atoms with E-state index in [-0.39, 0.29) is 17.9 Å². The average molecular weight is 360 g/mol. The smallest absolute Gasteiger partial charge is 0.410 e. The van der Waals surface area contributed by atoms with Crippen molar-refractivity contribution < 1.29 is 14.3 Å². The number of nitrogens with one attached hydrogen (secondary N) is 1. The van der Waals surface area contributed by atoms with Gasteiger partial charge in [0.1, 0.15) is 5.60 Å². The number of hydrogen-bond acceptors (Lipinski definition) is 3. The lowest BCUT2D eigenvalue weighted by Gasteiger charge is -2.33. The van der Waals surface area contributed by atoms with Crippen molar-refractivity contribution in [3.8, 4) is 0 Å². The third-order valence-electron chi connectivity index (χ3n) is 4.80. The standard InChI is InChI=1S/C21H32N2O3/c1-5-16(17-9-7-6-8-10-17)15-22-19(24)18-11-13-23(14-12-18)20(25)26-21(2,3)4/h6-10,16,18H,5,11-15H2,1-4H3,(H,22,24)/t16-/m0/s1. The molecule has 1 atom stereocenters. The second-order valence-electron chi connectivity index (χ2n) is 8.00. The molecule has 1 saturated heterocycles. The normalized spacial score (nSPS) is 16.8. The fourth-order valence-corrected chi connectivity index (χ4v) is 3.24. The minimum absolute atomic E-state index is 0.0260. The van der Waals surface area contributed by atoms with Gasteiger partial charge in [-0.2, -0.15) is 0 Å². The zero-order valence-corrected chi connectivity index (χ0v) is 16.5. The number of amides is 2. The molecule has 1 aromatic carbocycles. The number of ether oxygens (including phenoxy) is 1. The molecular formula is C21H32N2O3. The fraction of sp³-hybridized carbons (Fsp3) is 0.619. The largest absolute Gasteiger partial charge is 0.444 e. The Morgan fingerprint density at radius 3 is 2.35 bits per heavy atom. The fourth-order valence-electron chi connectivity index (χ4n) is 3.24. The Hall–Kier alpha value is -2.04. The van der Waals surface area contributed by atoms with Crippen molar-refractivity contribution in [1.29, 1.82) is 0 Å². The van der Waals surface area contributed by atoms with Gasteiger partial charge in [0.2, 0.25) is 5.91 Å². The van der Waals surface area contributed by atoms with Crippen LogP contribution in [0.4, 0.5) is 4.79 Å². The summed E-state index contributed by atoms with van der Waals surface area (Å²) < 4.78 is 5.40. The van der Waals surface area contributed by atoms with Crippen LogP contribution in [0, 0.1) is 5.92 Å². The molecule has 1 aromatic rings. The number of piperidine rings is 1. The van der Waals surface area contributed by atoms with E-state index in [4.69, 9.17) is 4.74 Å². The van der Waals surface area contributed by atoms with Crippen molar-refractivity contribution in [3.05, 3.63) is 35.9 Å². The quantitative estimate of drug-likeness (QED) is 0.865. The molecule has 1 aliphatic heterocycles. The van der Waals surface area contributed by atoms with Gasteiger partial charge in [0.05, 0.1) is 0 Å². The number of benzene rings is 1. The number of carbonyl (C=O) groups is 2. The van der Waals surface area contributed by atoms with Crippen LogP contribution in [0.1, 0.15) is 58.4 Å². The number of carbonyl (C=O) groups excluding carboxylic acids is 2. The molecule has 0 unspecified atom stereocenters. The monoisotopic (exact) mass is 360 g/mol. The Balaban J connectivity index is 1.78. The van der Waals surface area contributed by atoms with Crippen LogP contribution in [0.25, 0.3) is 0 Å². The zero-order valence-electron chi connectivity index (χ0n) is 16.5. The first-order chi connectivity index (χ1) is 12.3. The van der Waals surface area contributed by atoms with Crippen LogP contribution in [-0.2, 0) is 9.53 Å². The van der Waals surface area contributed by atoms with Gasteiger partial charge in [-0.05, 0) is 45.6 Å². The highest BCUT2D eigenvalue weighted by Crippen LogP contribution is 2.21. The lowest BCUT2D eigenvalue weighted by atomic mass is 9.94. The first-order valence-electron chi connectivity index (χ1n) is 9.60. The molecule has 144 valence electrons. The van der Waals surface area contributed by atoms with Gasteiger partial charge in [-0.25, -0.2) is 4.79 Å². The van der Waals surface area contributed by atoms with Crippen LogP contribution in [0.2, 0.25) is 0 Å². The second kappa shape index (κ2) is 9.06. The molecule has 1 heterocycles. The molecule has 0 aromatic heterocycles. The van der Waals surface area contributed by atoms with Crippen LogP contribution < -0.4 is 5.32 Å². The Kier molecular flexibility index (Phi) is 7.06. The second-order valence-corrected chi connectivity index (χ2v) is 8.00. The Bertz CT molecular complexity index is 587. The highest BCUT2D eigenvalue weighted by Gasteiger charge is 2.30. The average Bonchev–Trinajstić information content (AvgIpc) is 2.61. The number of likely N-dealkylation sites (tertiary alicyclic amines) is 1. The number of nitrogens with zero attached hydrogens (tertiary/aromatic N) is 1. The predicted octanol–water partition coefficient (Wildman–Crippen LogP) is 3.94. The van der Waals surface area contributed by atoms with E-state index in [1.807, 2.05) is 39.0 Å². The maximum Gasteiger partial charge on any atom is 0.410 e. The SMILES string of the molecule is CC[C@@H](CNC(=O)C1CCN(C(=O)OC(C)(C)C)CC1)c1ccccc1. The lowest BCUT2D eigenvalue weighted by Crippen LogP contribution is -2.45. The molecule has 0 saturated carbocycles. The summed E-state index contributed by atoms with van der Waals surface area (Å²) in [7, 11) is 0. The minimum Gasteiger partial charge on any atom is -0.444 e. The van der Waals surface area contributed by atoms with Gasteiger partial charge in [0.25, 0.3) is 0 Å². The third kappa shape index (κ3) is 6.04. The van der Waals surface area contributed by atoms with E-state index in [1.165, 1.54) is 5.56 Å². The minimum atomic E-state index is -0.488. The molecule has 1 N–H and O–H groups in total. The van der Waals surface area contributed by atoms with Crippen LogP contribution in [0.15, 0.2) is 30.3 Å². The molecule has 5 heteroatoms. The molecule has 0 radical (unpaired) electrons. The summed E-state index contributed by atoms with van der Waals surface area (Å²) in [6.45, 7) is 9.53. The van der Waals surface area contributed by atoms with Gasteiger partial charge in [-0.1, -0.05) is 37.3 Å². The summed E-state index contributed by atoms with van der Waals surface area (Å²) in [4.78, 5) is 26.3. The molecule has 5 nitrogen and oxygen atoms in total. The molecular weight excluding hydrogens is 328 g/mol. The molecule has 0 bridgehead atoms. The van der Waals surface area contributed by atoms with E-state index < -0.39 is 5.60 Å². The van der Waals surface area contributed by atoms with Crippen molar-refractivity contribution in [2.24, 2.45) is 5.92 Å². The first-order valence-corrected chi connectivity index (χ1v) is 9.60. The summed E-state index contributed by atoms with van der Waals surface area (Å²) in [6, 6.07) is 10.3. The van der Waals surface area contributed by atoms with Crippen molar-refractivity contribution in [2.45, 2.75) is 58.5 Å². The van der Waals surface area contributed by atoms with Crippen molar-refractivity contribution in [1.82, 2.24) is 10.2 Å². The van der Waals surface area contributed by atoms with E-state index in [1.54, 1.807) is 4.90 Å². The van der Waals surface area contributed by atoms with E-state index >= 15 is 0 Å². The van der Waals surface area contributed by atoms with Crippen LogP contribution in [-0.4, -0.2) is 42.1 Å². The summed E-state index contributed by atoms with van der Waals surface area (Å²) >= 11 is 0. The molecule has 2 rings (SSSR count). The van der Waals surface area contributed by atoms with Crippen molar-refractivity contribution in [2.75, 3.05) is 19.6 Å². The lowest BCUT2D eigenvalue weighted by molar-refractivity contribution is -0.126. The van der Waals surface area contributed by atoms with Crippen LogP contribution >= 0.6 is 0 Å². The topological polar surface area (TPSA) is 58.6 Å². The Labute approximate surface area is 157 Å². The summed E-state index contributed by atoms with van der Waals surface area (Å²) in [6.07, 6.45) is 2.08.